The first-order valence-corrected chi connectivity index (χ1v) is 7.36. The maximum atomic E-state index is 12.5. The number of aromatic carboxylic acids is 2. The summed E-state index contributed by atoms with van der Waals surface area (Å²) in [7, 11) is 0. The van der Waals surface area contributed by atoms with Crippen LogP contribution in [0.15, 0.2) is 60.7 Å². The van der Waals surface area contributed by atoms with Crippen LogP contribution < -0.4 is 5.32 Å². The minimum absolute atomic E-state index is 0.159. The van der Waals surface area contributed by atoms with Crippen molar-refractivity contribution in [3.63, 3.8) is 0 Å². The van der Waals surface area contributed by atoms with Gasteiger partial charge in [0.15, 0.2) is 0 Å². The van der Waals surface area contributed by atoms with Gasteiger partial charge in [-0.3, -0.25) is 4.79 Å². The van der Waals surface area contributed by atoms with Gasteiger partial charge in [-0.25, -0.2) is 9.59 Å². The molecule has 0 aliphatic carbocycles. The molecule has 0 fully saturated rings. The molecule has 3 rings (SSSR count). The lowest BCUT2D eigenvalue weighted by Gasteiger charge is -2.10. The summed E-state index contributed by atoms with van der Waals surface area (Å²) in [5, 5.41) is 22.8. The average Bonchev–Trinajstić information content (AvgIpc) is 2.60. The lowest BCUT2D eigenvalue weighted by atomic mass is 10.0. The van der Waals surface area contributed by atoms with E-state index in [-0.39, 0.29) is 16.7 Å². The zero-order valence-electron chi connectivity index (χ0n) is 12.9. The maximum absolute atomic E-state index is 12.5. The summed E-state index contributed by atoms with van der Waals surface area (Å²) in [6, 6.07) is 16.2. The molecule has 6 nitrogen and oxygen atoms in total. The number of anilines is 1. The van der Waals surface area contributed by atoms with Crippen molar-refractivity contribution in [2.45, 2.75) is 0 Å². The minimum atomic E-state index is -1.30. The van der Waals surface area contributed by atoms with E-state index >= 15 is 0 Å². The first kappa shape index (κ1) is 16.2. The fraction of sp³-hybridized carbons (Fsp3) is 0. The molecule has 0 heterocycles. The van der Waals surface area contributed by atoms with Gasteiger partial charge in [0.1, 0.15) is 0 Å². The molecule has 1 amide bonds. The number of carbonyl (C=O) groups is 3. The fourth-order valence-corrected chi connectivity index (χ4v) is 2.52. The van der Waals surface area contributed by atoms with Crippen LogP contribution in [-0.4, -0.2) is 28.1 Å². The molecule has 25 heavy (non-hydrogen) atoms. The molecule has 0 atom stereocenters. The van der Waals surface area contributed by atoms with Gasteiger partial charge in [-0.1, -0.05) is 30.3 Å². The van der Waals surface area contributed by atoms with Gasteiger partial charge < -0.3 is 15.5 Å². The monoisotopic (exact) mass is 335 g/mol. The highest BCUT2D eigenvalue weighted by Gasteiger charge is 2.19. The van der Waals surface area contributed by atoms with Crippen LogP contribution >= 0.6 is 0 Å². The number of hydrogen-bond donors (Lipinski definition) is 3. The zero-order chi connectivity index (χ0) is 18.0. The van der Waals surface area contributed by atoms with Crippen LogP contribution in [0.3, 0.4) is 0 Å². The van der Waals surface area contributed by atoms with Crippen molar-refractivity contribution in [3.8, 4) is 0 Å². The highest BCUT2D eigenvalue weighted by molar-refractivity contribution is 6.12. The molecule has 0 aliphatic rings. The van der Waals surface area contributed by atoms with Crippen LogP contribution in [0.1, 0.15) is 31.1 Å². The maximum Gasteiger partial charge on any atom is 0.336 e. The summed E-state index contributed by atoms with van der Waals surface area (Å²) in [5.41, 5.74) is -0.140. The Balaban J connectivity index is 1.97. The van der Waals surface area contributed by atoms with E-state index in [1.165, 1.54) is 0 Å². The highest BCUT2D eigenvalue weighted by Crippen LogP contribution is 2.20. The predicted octanol–water partition coefficient (Wildman–Crippen LogP) is 3.49. The zero-order valence-corrected chi connectivity index (χ0v) is 12.9. The molecule has 0 aromatic heterocycles. The van der Waals surface area contributed by atoms with Gasteiger partial charge >= 0.3 is 11.9 Å². The Morgan fingerprint density at radius 1 is 0.720 bits per heavy atom. The Morgan fingerprint density at radius 2 is 1.44 bits per heavy atom. The largest absolute Gasteiger partial charge is 0.478 e. The van der Waals surface area contributed by atoms with Crippen LogP contribution in [0, 0.1) is 0 Å². The molecular formula is C19H13NO5. The molecule has 3 aromatic carbocycles. The molecule has 0 unspecified atom stereocenters. The molecule has 6 heteroatoms. The minimum Gasteiger partial charge on any atom is -0.478 e. The second-order valence-corrected chi connectivity index (χ2v) is 5.39. The third-order valence-electron chi connectivity index (χ3n) is 3.75. The highest BCUT2D eigenvalue weighted by atomic mass is 16.4. The Labute approximate surface area is 142 Å². The van der Waals surface area contributed by atoms with Crippen molar-refractivity contribution in [1.82, 2.24) is 0 Å². The lowest BCUT2D eigenvalue weighted by molar-refractivity contribution is 0.0679. The Hall–Kier alpha value is -3.67. The SMILES string of the molecule is O=C(O)c1ccc(C(=O)O)c(C(=O)Nc2ccc3ccccc3c2)c1. The quantitative estimate of drug-likeness (QED) is 0.677. The van der Waals surface area contributed by atoms with Crippen LogP contribution in [-0.2, 0) is 0 Å². The Morgan fingerprint density at radius 3 is 2.12 bits per heavy atom. The van der Waals surface area contributed by atoms with Crippen LogP contribution in [0.5, 0.6) is 0 Å². The van der Waals surface area contributed by atoms with Crippen molar-refractivity contribution in [3.05, 3.63) is 77.4 Å². The number of benzene rings is 3. The molecule has 0 saturated carbocycles. The number of carboxylic acid groups (broad SMARTS) is 2. The molecule has 124 valence electrons. The number of amides is 1. The summed E-state index contributed by atoms with van der Waals surface area (Å²) in [5.74, 6) is -3.23. The van der Waals surface area contributed by atoms with Gasteiger partial charge in [-0.15, -0.1) is 0 Å². The molecular weight excluding hydrogens is 322 g/mol. The third-order valence-corrected chi connectivity index (χ3v) is 3.75. The Kier molecular flexibility index (Phi) is 4.18. The van der Waals surface area contributed by atoms with E-state index in [1.807, 2.05) is 30.3 Å². The van der Waals surface area contributed by atoms with Crippen LogP contribution in [0.2, 0.25) is 0 Å². The molecule has 0 bridgehead atoms. The lowest BCUT2D eigenvalue weighted by Crippen LogP contribution is -2.17. The second-order valence-electron chi connectivity index (χ2n) is 5.39. The van der Waals surface area contributed by atoms with E-state index in [4.69, 9.17) is 5.11 Å². The molecule has 0 aliphatic heterocycles. The number of carboxylic acids is 2. The van der Waals surface area contributed by atoms with E-state index in [0.29, 0.717) is 5.69 Å². The first-order valence-electron chi connectivity index (χ1n) is 7.36. The number of fused-ring (bicyclic) bond motifs is 1. The topological polar surface area (TPSA) is 104 Å². The fourth-order valence-electron chi connectivity index (χ4n) is 2.52. The van der Waals surface area contributed by atoms with Crippen molar-refractivity contribution >= 4 is 34.3 Å². The van der Waals surface area contributed by atoms with Gasteiger partial charge in [-0.2, -0.15) is 0 Å². The van der Waals surface area contributed by atoms with Crippen molar-refractivity contribution in [2.24, 2.45) is 0 Å². The number of rotatable bonds is 4. The second kappa shape index (κ2) is 6.45. The van der Waals surface area contributed by atoms with Crippen LogP contribution in [0.25, 0.3) is 10.8 Å². The summed E-state index contributed by atoms with van der Waals surface area (Å²) >= 11 is 0. The van der Waals surface area contributed by atoms with E-state index in [0.717, 1.165) is 29.0 Å². The first-order chi connectivity index (χ1) is 12.0. The number of nitrogens with one attached hydrogen (secondary N) is 1. The molecule has 0 radical (unpaired) electrons. The molecule has 3 N–H and O–H groups in total. The summed E-state index contributed by atoms with van der Waals surface area (Å²) in [4.78, 5) is 34.9. The summed E-state index contributed by atoms with van der Waals surface area (Å²) in [6.07, 6.45) is 0. The molecule has 0 saturated heterocycles. The smallest absolute Gasteiger partial charge is 0.336 e. The van der Waals surface area contributed by atoms with Crippen molar-refractivity contribution in [2.75, 3.05) is 5.32 Å². The molecule has 0 spiro atoms. The summed E-state index contributed by atoms with van der Waals surface area (Å²) in [6.45, 7) is 0. The van der Waals surface area contributed by atoms with E-state index in [9.17, 15) is 19.5 Å². The van der Waals surface area contributed by atoms with E-state index in [2.05, 4.69) is 5.32 Å². The third kappa shape index (κ3) is 3.32. The normalized spacial score (nSPS) is 10.4. The standard InChI is InChI=1S/C19H13NO5/c21-17(16-10-13(18(22)23)6-8-15(16)19(24)25)20-14-7-5-11-3-1-2-4-12(11)9-14/h1-10H,(H,20,21)(H,22,23)(H,24,25). The van der Waals surface area contributed by atoms with Gasteiger partial charge in [-0.05, 0) is 41.1 Å². The number of hydrogen-bond acceptors (Lipinski definition) is 3. The van der Waals surface area contributed by atoms with Crippen molar-refractivity contribution in [1.29, 1.82) is 0 Å². The molecule has 3 aromatic rings. The van der Waals surface area contributed by atoms with Gasteiger partial charge in [0, 0.05) is 5.69 Å². The van der Waals surface area contributed by atoms with Crippen LogP contribution in [0.4, 0.5) is 5.69 Å². The van der Waals surface area contributed by atoms with Crippen molar-refractivity contribution < 1.29 is 24.6 Å². The summed E-state index contributed by atoms with van der Waals surface area (Å²) < 4.78 is 0. The number of carbonyl (C=O) groups excluding carboxylic acids is 1. The Bertz CT molecular complexity index is 1010. The predicted molar refractivity (Wildman–Crippen MR) is 92.3 cm³/mol. The van der Waals surface area contributed by atoms with Gasteiger partial charge in [0.05, 0.1) is 16.7 Å². The van der Waals surface area contributed by atoms with E-state index < -0.39 is 17.8 Å². The van der Waals surface area contributed by atoms with Gasteiger partial charge in [0.25, 0.3) is 5.91 Å². The average molecular weight is 335 g/mol. The van der Waals surface area contributed by atoms with E-state index in [1.54, 1.807) is 12.1 Å². The van der Waals surface area contributed by atoms with Gasteiger partial charge in [0.2, 0.25) is 0 Å².